The maximum Gasteiger partial charge on any atom is 0.263 e. The largest absolute Gasteiger partial charge is 0.321 e. The topological polar surface area (TPSA) is 92.3 Å². The minimum Gasteiger partial charge on any atom is -0.321 e. The minimum absolute atomic E-state index is 0.0406. The lowest BCUT2D eigenvalue weighted by Gasteiger charge is -2.14. The number of carbonyl (C=O) groups excluding carboxylic acids is 2. The zero-order valence-corrected chi connectivity index (χ0v) is 22.2. The molecule has 0 heterocycles. The van der Waals surface area contributed by atoms with Crippen molar-refractivity contribution in [3.05, 3.63) is 123 Å². The quantitative estimate of drug-likeness (QED) is 0.244. The van der Waals surface area contributed by atoms with Crippen molar-refractivity contribution in [2.24, 2.45) is 0 Å². The Hall–Kier alpha value is -3.65. The Bertz CT molecular complexity index is 1620. The molecule has 0 saturated heterocycles. The fraction of sp³-hybridized carbons (Fsp3) is 0.0714. The fourth-order valence-electron chi connectivity index (χ4n) is 3.65. The van der Waals surface area contributed by atoms with Gasteiger partial charge in [-0.25, -0.2) is 8.42 Å². The van der Waals surface area contributed by atoms with Gasteiger partial charge in [0.25, 0.3) is 15.9 Å². The van der Waals surface area contributed by atoms with Gasteiger partial charge in [0, 0.05) is 21.7 Å². The number of benzene rings is 4. The molecule has 0 spiro atoms. The monoisotopic (exact) mass is 552 g/mol. The van der Waals surface area contributed by atoms with Gasteiger partial charge in [-0.05, 0) is 67.4 Å². The van der Waals surface area contributed by atoms with E-state index in [0.29, 0.717) is 16.3 Å². The van der Waals surface area contributed by atoms with Crippen molar-refractivity contribution in [1.29, 1.82) is 0 Å². The molecule has 4 aromatic carbocycles. The van der Waals surface area contributed by atoms with E-state index >= 15 is 0 Å². The minimum atomic E-state index is -4.11. The van der Waals surface area contributed by atoms with Crippen LogP contribution in [0.15, 0.2) is 89.8 Å². The molecule has 2 N–H and O–H groups in total. The standard InChI is InChI=1S/C28H22Cl2N2O4S/c1-17-8-9-18(2)25(14-17)32-37(35,36)26-15-20(10-12-23(26)30)28(34)31-24-13-11-21(29)16-22(24)27(33)19-6-4-3-5-7-19/h3-16,32H,1-2H3,(H,31,34). The Morgan fingerprint density at radius 3 is 2.22 bits per heavy atom. The highest BCUT2D eigenvalue weighted by atomic mass is 35.5. The predicted molar refractivity (Wildman–Crippen MR) is 147 cm³/mol. The summed E-state index contributed by atoms with van der Waals surface area (Å²) in [6, 6.07) is 22.4. The maximum atomic E-state index is 13.2. The average molecular weight is 553 g/mol. The Morgan fingerprint density at radius 1 is 0.757 bits per heavy atom. The Morgan fingerprint density at radius 2 is 1.49 bits per heavy atom. The molecule has 0 saturated carbocycles. The lowest BCUT2D eigenvalue weighted by molar-refractivity contribution is 0.102. The summed E-state index contributed by atoms with van der Waals surface area (Å²) in [6.07, 6.45) is 0. The number of hydrogen-bond acceptors (Lipinski definition) is 4. The number of ketones is 1. The third-order valence-electron chi connectivity index (χ3n) is 5.63. The van der Waals surface area contributed by atoms with Gasteiger partial charge in [-0.1, -0.05) is 65.7 Å². The highest BCUT2D eigenvalue weighted by Gasteiger charge is 2.22. The molecule has 0 aliphatic carbocycles. The van der Waals surface area contributed by atoms with Gasteiger partial charge in [-0.15, -0.1) is 0 Å². The van der Waals surface area contributed by atoms with E-state index in [1.807, 2.05) is 13.0 Å². The molecular formula is C28H22Cl2N2O4S. The summed E-state index contributed by atoms with van der Waals surface area (Å²) in [4.78, 5) is 26.0. The van der Waals surface area contributed by atoms with Crippen LogP contribution in [-0.4, -0.2) is 20.1 Å². The van der Waals surface area contributed by atoms with Gasteiger partial charge < -0.3 is 5.32 Å². The fourth-order valence-corrected chi connectivity index (χ4v) is 5.47. The predicted octanol–water partition coefficient (Wildman–Crippen LogP) is 6.89. The number of carbonyl (C=O) groups is 2. The van der Waals surface area contributed by atoms with Crippen LogP contribution in [0.4, 0.5) is 11.4 Å². The smallest absolute Gasteiger partial charge is 0.263 e. The molecule has 0 aliphatic heterocycles. The van der Waals surface area contributed by atoms with E-state index in [2.05, 4.69) is 10.0 Å². The van der Waals surface area contributed by atoms with E-state index in [4.69, 9.17) is 23.2 Å². The Kier molecular flexibility index (Phi) is 7.68. The van der Waals surface area contributed by atoms with E-state index in [1.54, 1.807) is 55.5 Å². The zero-order valence-electron chi connectivity index (χ0n) is 19.9. The average Bonchev–Trinajstić information content (AvgIpc) is 2.87. The van der Waals surface area contributed by atoms with Crippen LogP contribution in [0.2, 0.25) is 10.0 Å². The summed E-state index contributed by atoms with van der Waals surface area (Å²) in [7, 11) is -4.11. The number of halogens is 2. The molecule has 0 fully saturated rings. The lowest BCUT2D eigenvalue weighted by atomic mass is 10.0. The van der Waals surface area contributed by atoms with E-state index in [9.17, 15) is 18.0 Å². The van der Waals surface area contributed by atoms with Crippen LogP contribution in [0.25, 0.3) is 0 Å². The second-order valence-electron chi connectivity index (χ2n) is 8.41. The summed E-state index contributed by atoms with van der Waals surface area (Å²) in [6.45, 7) is 3.63. The molecule has 0 aliphatic rings. The van der Waals surface area contributed by atoms with E-state index in [1.165, 1.54) is 30.3 Å². The van der Waals surface area contributed by atoms with Gasteiger partial charge in [-0.2, -0.15) is 0 Å². The molecule has 0 radical (unpaired) electrons. The second-order valence-corrected chi connectivity index (χ2v) is 10.9. The second kappa shape index (κ2) is 10.8. The number of aryl methyl sites for hydroxylation is 2. The van der Waals surface area contributed by atoms with Crippen molar-refractivity contribution in [1.82, 2.24) is 0 Å². The van der Waals surface area contributed by atoms with E-state index in [0.717, 1.165) is 11.1 Å². The molecular weight excluding hydrogens is 531 g/mol. The van der Waals surface area contributed by atoms with Gasteiger partial charge in [0.15, 0.2) is 5.78 Å². The van der Waals surface area contributed by atoms with Gasteiger partial charge in [0.1, 0.15) is 4.90 Å². The van der Waals surface area contributed by atoms with Crippen molar-refractivity contribution in [3.8, 4) is 0 Å². The zero-order chi connectivity index (χ0) is 26.7. The molecule has 0 unspecified atom stereocenters. The first-order valence-corrected chi connectivity index (χ1v) is 13.4. The summed E-state index contributed by atoms with van der Waals surface area (Å²) in [5.41, 5.74) is 2.93. The van der Waals surface area contributed by atoms with Crippen LogP contribution in [0.1, 0.15) is 37.4 Å². The normalized spacial score (nSPS) is 11.1. The first-order valence-electron chi connectivity index (χ1n) is 11.2. The van der Waals surface area contributed by atoms with Crippen LogP contribution < -0.4 is 10.0 Å². The molecule has 4 rings (SSSR count). The molecule has 6 nitrogen and oxygen atoms in total. The van der Waals surface area contributed by atoms with Crippen molar-refractivity contribution >= 4 is 56.3 Å². The van der Waals surface area contributed by atoms with Crippen molar-refractivity contribution < 1.29 is 18.0 Å². The molecule has 0 bridgehead atoms. The molecule has 0 aromatic heterocycles. The molecule has 9 heteroatoms. The molecule has 0 atom stereocenters. The molecule has 37 heavy (non-hydrogen) atoms. The van der Waals surface area contributed by atoms with Gasteiger partial charge in [-0.3, -0.25) is 14.3 Å². The number of hydrogen-bond donors (Lipinski definition) is 2. The first-order chi connectivity index (χ1) is 17.5. The van der Waals surface area contributed by atoms with Gasteiger partial charge >= 0.3 is 0 Å². The summed E-state index contributed by atoms with van der Waals surface area (Å²) >= 11 is 12.3. The maximum absolute atomic E-state index is 13.2. The van der Waals surface area contributed by atoms with Crippen LogP contribution in [0.3, 0.4) is 0 Å². The summed E-state index contributed by atoms with van der Waals surface area (Å²) < 4.78 is 28.9. The SMILES string of the molecule is Cc1ccc(C)c(NS(=O)(=O)c2cc(C(=O)Nc3ccc(Cl)cc3C(=O)c3ccccc3)ccc2Cl)c1. The van der Waals surface area contributed by atoms with Crippen LogP contribution in [0.5, 0.6) is 0 Å². The Balaban J connectivity index is 1.65. The Labute approximate surface area is 225 Å². The van der Waals surface area contributed by atoms with Crippen molar-refractivity contribution in [2.75, 3.05) is 10.0 Å². The summed E-state index contributed by atoms with van der Waals surface area (Å²) in [5.74, 6) is -0.945. The summed E-state index contributed by atoms with van der Waals surface area (Å²) in [5, 5.41) is 2.98. The van der Waals surface area contributed by atoms with Crippen LogP contribution >= 0.6 is 23.2 Å². The highest BCUT2D eigenvalue weighted by molar-refractivity contribution is 7.92. The number of nitrogens with one attached hydrogen (secondary N) is 2. The molecule has 4 aromatic rings. The molecule has 1 amide bonds. The van der Waals surface area contributed by atoms with Crippen LogP contribution in [0, 0.1) is 13.8 Å². The molecule has 188 valence electrons. The van der Waals surface area contributed by atoms with Gasteiger partial charge in [0.2, 0.25) is 0 Å². The highest BCUT2D eigenvalue weighted by Crippen LogP contribution is 2.28. The van der Waals surface area contributed by atoms with E-state index in [-0.39, 0.29) is 32.5 Å². The van der Waals surface area contributed by atoms with Crippen LogP contribution in [-0.2, 0) is 10.0 Å². The van der Waals surface area contributed by atoms with E-state index < -0.39 is 15.9 Å². The number of sulfonamides is 1. The van der Waals surface area contributed by atoms with Crippen molar-refractivity contribution in [3.63, 3.8) is 0 Å². The third kappa shape index (κ3) is 6.02. The first kappa shape index (κ1) is 26.4. The number of anilines is 2. The van der Waals surface area contributed by atoms with Gasteiger partial charge in [0.05, 0.1) is 16.4 Å². The number of rotatable bonds is 7. The lowest BCUT2D eigenvalue weighted by Crippen LogP contribution is -2.18. The third-order valence-corrected chi connectivity index (χ3v) is 7.71. The number of amides is 1. The van der Waals surface area contributed by atoms with Crippen molar-refractivity contribution in [2.45, 2.75) is 18.7 Å².